The van der Waals surface area contributed by atoms with Crippen LogP contribution in [0, 0.1) is 31.6 Å². The van der Waals surface area contributed by atoms with Crippen LogP contribution in [0.15, 0.2) is 41.8 Å². The first kappa shape index (κ1) is 30.0. The number of fused-ring (bicyclic) bond motifs is 2. The van der Waals surface area contributed by atoms with Gasteiger partial charge in [-0.25, -0.2) is 4.98 Å². The van der Waals surface area contributed by atoms with E-state index in [1.807, 2.05) is 36.1 Å². The van der Waals surface area contributed by atoms with Crippen LogP contribution in [0.25, 0.3) is 11.3 Å². The first-order valence-electron chi connectivity index (χ1n) is 14.9. The standard InChI is InChI=1S/C32H39N3O3S.CH2O2/c1-21-3-8-30(28(13-21)29-20-39-32(33-29)35-16-24-4-5-25(15-24)17-35)38-19-27-7-6-26(14-22(27)2)31(37)34-11-9-23(18-36)10-12-34;2-1-3/h3,6-8,13-14,20,23-25,36H,4-5,9-12,15-19H2,1-2H3;1H,(H,2,3). The molecule has 42 heavy (non-hydrogen) atoms. The molecule has 1 aromatic heterocycles. The average Bonchev–Trinajstić information content (AvgIpc) is 3.63. The van der Waals surface area contributed by atoms with Crippen molar-refractivity contribution in [3.8, 4) is 17.0 Å². The molecule has 2 aliphatic heterocycles. The van der Waals surface area contributed by atoms with Crippen LogP contribution >= 0.6 is 11.3 Å². The molecule has 3 fully saturated rings. The smallest absolute Gasteiger partial charge is 0.290 e. The van der Waals surface area contributed by atoms with Gasteiger partial charge in [-0.1, -0.05) is 17.7 Å². The van der Waals surface area contributed by atoms with Crippen molar-refractivity contribution >= 4 is 28.8 Å². The molecule has 0 spiro atoms. The van der Waals surface area contributed by atoms with Crippen molar-refractivity contribution in [1.82, 2.24) is 9.88 Å². The lowest BCUT2D eigenvalue weighted by molar-refractivity contribution is -0.122. The summed E-state index contributed by atoms with van der Waals surface area (Å²) < 4.78 is 6.39. The molecule has 6 rings (SSSR count). The maximum Gasteiger partial charge on any atom is 0.290 e. The fraction of sp³-hybridized carbons (Fsp3) is 0.485. The molecule has 3 heterocycles. The van der Waals surface area contributed by atoms with E-state index in [-0.39, 0.29) is 19.0 Å². The Bertz CT molecular complexity index is 1370. The number of anilines is 1. The maximum atomic E-state index is 13.0. The van der Waals surface area contributed by atoms with E-state index in [1.54, 1.807) is 11.3 Å². The summed E-state index contributed by atoms with van der Waals surface area (Å²) in [4.78, 5) is 30.9. The Kier molecular flexibility index (Phi) is 9.80. The molecule has 2 bridgehead atoms. The number of aliphatic hydroxyl groups excluding tert-OH is 1. The number of piperidine rings is 2. The summed E-state index contributed by atoms with van der Waals surface area (Å²) in [6.45, 7) is 8.24. The summed E-state index contributed by atoms with van der Waals surface area (Å²) in [5.41, 5.74) is 6.04. The van der Waals surface area contributed by atoms with Gasteiger partial charge in [0.05, 0.1) is 5.69 Å². The Hall–Kier alpha value is -3.43. The summed E-state index contributed by atoms with van der Waals surface area (Å²) in [5.74, 6) is 2.89. The Balaban J connectivity index is 0.00000113. The second kappa shape index (κ2) is 13.7. The van der Waals surface area contributed by atoms with Crippen LogP contribution in [0.5, 0.6) is 5.75 Å². The van der Waals surface area contributed by atoms with Crippen molar-refractivity contribution in [2.45, 2.75) is 52.6 Å². The quantitative estimate of drug-likeness (QED) is 0.336. The minimum Gasteiger partial charge on any atom is -0.488 e. The van der Waals surface area contributed by atoms with Crippen molar-refractivity contribution in [1.29, 1.82) is 0 Å². The zero-order valence-corrected chi connectivity index (χ0v) is 25.3. The molecule has 2 atom stereocenters. The van der Waals surface area contributed by atoms with E-state index in [0.29, 0.717) is 25.6 Å². The van der Waals surface area contributed by atoms with E-state index in [0.717, 1.165) is 76.6 Å². The van der Waals surface area contributed by atoms with Gasteiger partial charge in [0, 0.05) is 49.3 Å². The number of rotatable bonds is 7. The topological polar surface area (TPSA) is 103 Å². The van der Waals surface area contributed by atoms with Gasteiger partial charge in [-0.15, -0.1) is 11.3 Å². The highest BCUT2D eigenvalue weighted by molar-refractivity contribution is 7.14. The van der Waals surface area contributed by atoms with E-state index in [1.165, 1.54) is 24.8 Å². The summed E-state index contributed by atoms with van der Waals surface area (Å²) >= 11 is 1.74. The number of carboxylic acid groups (broad SMARTS) is 1. The highest BCUT2D eigenvalue weighted by atomic mass is 32.1. The lowest BCUT2D eigenvalue weighted by Crippen LogP contribution is -2.39. The fourth-order valence-corrected chi connectivity index (χ4v) is 7.36. The van der Waals surface area contributed by atoms with Crippen LogP contribution in [0.2, 0.25) is 0 Å². The van der Waals surface area contributed by atoms with Crippen molar-refractivity contribution in [3.63, 3.8) is 0 Å². The monoisotopic (exact) mass is 591 g/mol. The number of ether oxygens (including phenoxy) is 1. The first-order valence-corrected chi connectivity index (χ1v) is 15.8. The Morgan fingerprint density at radius 3 is 2.45 bits per heavy atom. The average molecular weight is 592 g/mol. The summed E-state index contributed by atoms with van der Waals surface area (Å²) in [5, 5.41) is 19.6. The second-order valence-corrected chi connectivity index (χ2v) is 12.8. The molecule has 8 nitrogen and oxygen atoms in total. The Labute approximate surface area is 252 Å². The van der Waals surface area contributed by atoms with E-state index in [2.05, 4.69) is 29.3 Å². The molecule has 3 aliphatic rings. The van der Waals surface area contributed by atoms with Gasteiger partial charge < -0.3 is 24.7 Å². The molecule has 3 aromatic rings. The molecule has 1 amide bonds. The summed E-state index contributed by atoms with van der Waals surface area (Å²) in [6.07, 6.45) is 5.86. The molecular weight excluding hydrogens is 550 g/mol. The van der Waals surface area contributed by atoms with Gasteiger partial charge >= 0.3 is 0 Å². The predicted octanol–water partition coefficient (Wildman–Crippen LogP) is 5.79. The number of hydrogen-bond donors (Lipinski definition) is 2. The van der Waals surface area contributed by atoms with Crippen LogP contribution in [-0.4, -0.2) is 65.3 Å². The Morgan fingerprint density at radius 2 is 1.79 bits per heavy atom. The SMILES string of the molecule is Cc1ccc(OCc2ccc(C(=O)N3CCC(CO)CC3)cc2C)c(-c2csc(N3CC4CCC(C4)C3)n2)c1.O=CO. The van der Waals surface area contributed by atoms with Gasteiger partial charge in [0.25, 0.3) is 12.4 Å². The van der Waals surface area contributed by atoms with E-state index < -0.39 is 0 Å². The summed E-state index contributed by atoms with van der Waals surface area (Å²) in [7, 11) is 0. The highest BCUT2D eigenvalue weighted by Crippen LogP contribution is 2.40. The molecule has 1 saturated carbocycles. The normalized spacial score (nSPS) is 20.2. The molecule has 2 unspecified atom stereocenters. The second-order valence-electron chi connectivity index (χ2n) is 11.9. The van der Waals surface area contributed by atoms with Crippen molar-refractivity contribution in [3.05, 3.63) is 64.0 Å². The van der Waals surface area contributed by atoms with Gasteiger partial charge in [0.1, 0.15) is 12.4 Å². The van der Waals surface area contributed by atoms with E-state index in [4.69, 9.17) is 19.6 Å². The van der Waals surface area contributed by atoms with Gasteiger partial charge in [-0.3, -0.25) is 9.59 Å². The third-order valence-electron chi connectivity index (χ3n) is 8.91. The van der Waals surface area contributed by atoms with Crippen LogP contribution in [0.3, 0.4) is 0 Å². The number of hydrogen-bond acceptors (Lipinski definition) is 7. The zero-order chi connectivity index (χ0) is 29.6. The van der Waals surface area contributed by atoms with E-state index in [9.17, 15) is 9.90 Å². The fourth-order valence-electron chi connectivity index (χ4n) is 6.51. The molecule has 1 aliphatic carbocycles. The van der Waals surface area contributed by atoms with Gasteiger partial charge in [-0.05, 0) is 99.1 Å². The van der Waals surface area contributed by atoms with Gasteiger partial charge in [0.2, 0.25) is 0 Å². The largest absolute Gasteiger partial charge is 0.488 e. The third kappa shape index (κ3) is 6.95. The number of likely N-dealkylation sites (tertiary alicyclic amines) is 1. The van der Waals surface area contributed by atoms with Crippen LogP contribution in [-0.2, 0) is 11.4 Å². The lowest BCUT2D eigenvalue weighted by Gasteiger charge is -2.31. The first-order chi connectivity index (χ1) is 20.4. The zero-order valence-electron chi connectivity index (χ0n) is 24.5. The van der Waals surface area contributed by atoms with Crippen LogP contribution in [0.1, 0.15) is 59.2 Å². The number of amides is 1. The summed E-state index contributed by atoms with van der Waals surface area (Å²) in [6, 6.07) is 12.2. The molecule has 2 saturated heterocycles. The van der Waals surface area contributed by atoms with Gasteiger partial charge in [0.15, 0.2) is 5.13 Å². The number of nitrogens with zero attached hydrogens (tertiary/aromatic N) is 3. The predicted molar refractivity (Wildman–Crippen MR) is 165 cm³/mol. The van der Waals surface area contributed by atoms with Crippen molar-refractivity contribution in [2.75, 3.05) is 37.7 Å². The molecule has 2 aromatic carbocycles. The number of carbonyl (C=O) groups is 2. The number of aliphatic hydroxyl groups is 1. The molecular formula is C33H41N3O5S. The molecule has 9 heteroatoms. The number of thiazole rings is 1. The third-order valence-corrected chi connectivity index (χ3v) is 9.81. The maximum absolute atomic E-state index is 13.0. The highest BCUT2D eigenvalue weighted by Gasteiger charge is 2.34. The minimum absolute atomic E-state index is 0.0730. The van der Waals surface area contributed by atoms with Crippen molar-refractivity contribution < 1.29 is 24.5 Å². The number of carbonyl (C=O) groups excluding carboxylic acids is 1. The molecule has 2 N–H and O–H groups in total. The van der Waals surface area contributed by atoms with Crippen LogP contribution in [0.4, 0.5) is 5.13 Å². The van der Waals surface area contributed by atoms with Gasteiger partial charge in [-0.2, -0.15) is 0 Å². The lowest BCUT2D eigenvalue weighted by atomic mass is 9.97. The number of benzene rings is 2. The Morgan fingerprint density at radius 1 is 1.07 bits per heavy atom. The minimum atomic E-state index is -0.250. The number of aryl methyl sites for hydroxylation is 2. The molecule has 224 valence electrons. The number of aromatic nitrogens is 1. The molecule has 0 radical (unpaired) electrons. The van der Waals surface area contributed by atoms with Crippen molar-refractivity contribution in [2.24, 2.45) is 17.8 Å². The van der Waals surface area contributed by atoms with E-state index >= 15 is 0 Å². The van der Waals surface area contributed by atoms with Crippen LogP contribution < -0.4 is 9.64 Å².